The van der Waals surface area contributed by atoms with Gasteiger partial charge in [0, 0.05) is 32.5 Å². The van der Waals surface area contributed by atoms with Crippen molar-refractivity contribution in [2.45, 2.75) is 52.5 Å². The molecule has 1 aliphatic rings. The van der Waals surface area contributed by atoms with E-state index in [1.54, 1.807) is 6.92 Å². The van der Waals surface area contributed by atoms with Gasteiger partial charge < -0.3 is 10.2 Å². The Balaban J connectivity index is 2.26. The first kappa shape index (κ1) is 14.0. The molecule has 4 nitrogen and oxygen atoms in total. The van der Waals surface area contributed by atoms with Gasteiger partial charge in [0.05, 0.1) is 0 Å². The molecule has 0 bridgehead atoms. The van der Waals surface area contributed by atoms with Crippen LogP contribution in [0.3, 0.4) is 0 Å². The fourth-order valence-corrected chi connectivity index (χ4v) is 2.13. The third-order valence-corrected chi connectivity index (χ3v) is 3.19. The molecular weight excluding hydrogens is 216 g/mol. The van der Waals surface area contributed by atoms with Gasteiger partial charge in [-0.1, -0.05) is 13.8 Å². The second-order valence-electron chi connectivity index (χ2n) is 5.29. The van der Waals surface area contributed by atoms with E-state index in [9.17, 15) is 9.59 Å². The summed E-state index contributed by atoms with van der Waals surface area (Å²) in [5.74, 6) is 0.866. The molecule has 0 atom stereocenters. The first-order valence-electron chi connectivity index (χ1n) is 6.54. The Bertz CT molecular complexity index is 269. The fourth-order valence-electron chi connectivity index (χ4n) is 2.13. The third-order valence-electron chi connectivity index (χ3n) is 3.19. The lowest BCUT2D eigenvalue weighted by atomic mass is 10.0. The van der Waals surface area contributed by atoms with E-state index in [1.165, 1.54) is 0 Å². The highest BCUT2D eigenvalue weighted by Crippen LogP contribution is 2.13. The molecule has 98 valence electrons. The number of carbonyl (C=O) groups excluding carboxylic acids is 2. The summed E-state index contributed by atoms with van der Waals surface area (Å²) in [4.78, 5) is 24.7. The van der Waals surface area contributed by atoms with Gasteiger partial charge in [-0.25, -0.2) is 0 Å². The summed E-state index contributed by atoms with van der Waals surface area (Å²) in [5, 5.41) is 2.91. The SMILES string of the molecule is CC(=O)NC1CCN(C(=O)CCC(C)C)CC1. The highest BCUT2D eigenvalue weighted by atomic mass is 16.2. The van der Waals surface area contributed by atoms with Crippen LogP contribution in [0.5, 0.6) is 0 Å². The smallest absolute Gasteiger partial charge is 0.222 e. The maximum Gasteiger partial charge on any atom is 0.222 e. The highest BCUT2D eigenvalue weighted by Gasteiger charge is 2.22. The summed E-state index contributed by atoms with van der Waals surface area (Å²) in [6.45, 7) is 7.37. The standard InChI is InChI=1S/C13H24N2O2/c1-10(2)4-5-13(17)15-8-6-12(7-9-15)14-11(3)16/h10,12H,4-9H2,1-3H3,(H,14,16). The van der Waals surface area contributed by atoms with E-state index in [0.29, 0.717) is 12.3 Å². The van der Waals surface area contributed by atoms with Gasteiger partial charge >= 0.3 is 0 Å². The minimum absolute atomic E-state index is 0.0228. The number of carbonyl (C=O) groups is 2. The zero-order valence-electron chi connectivity index (χ0n) is 11.2. The molecule has 1 heterocycles. The van der Waals surface area contributed by atoms with Crippen LogP contribution in [-0.2, 0) is 9.59 Å². The topological polar surface area (TPSA) is 49.4 Å². The second-order valence-corrected chi connectivity index (χ2v) is 5.29. The summed E-state index contributed by atoms with van der Waals surface area (Å²) in [7, 11) is 0. The van der Waals surface area contributed by atoms with Crippen LogP contribution in [0.25, 0.3) is 0 Å². The molecule has 0 aromatic heterocycles. The van der Waals surface area contributed by atoms with Crippen molar-refractivity contribution in [3.05, 3.63) is 0 Å². The number of nitrogens with one attached hydrogen (secondary N) is 1. The molecule has 0 aromatic carbocycles. The van der Waals surface area contributed by atoms with Gasteiger partial charge in [0.1, 0.15) is 0 Å². The first-order valence-corrected chi connectivity index (χ1v) is 6.54. The number of piperidine rings is 1. The minimum atomic E-state index is 0.0228. The minimum Gasteiger partial charge on any atom is -0.353 e. The summed E-state index contributed by atoms with van der Waals surface area (Å²) in [6, 6.07) is 0.252. The van der Waals surface area contributed by atoms with Crippen molar-refractivity contribution in [2.24, 2.45) is 5.92 Å². The van der Waals surface area contributed by atoms with E-state index < -0.39 is 0 Å². The lowest BCUT2D eigenvalue weighted by molar-refractivity contribution is -0.132. The Morgan fingerprint density at radius 2 is 1.88 bits per heavy atom. The Morgan fingerprint density at radius 1 is 1.29 bits per heavy atom. The van der Waals surface area contributed by atoms with Crippen LogP contribution < -0.4 is 5.32 Å². The highest BCUT2D eigenvalue weighted by molar-refractivity contribution is 5.76. The zero-order valence-corrected chi connectivity index (χ0v) is 11.2. The average molecular weight is 240 g/mol. The van der Waals surface area contributed by atoms with Gasteiger partial charge in [0.2, 0.25) is 11.8 Å². The Morgan fingerprint density at radius 3 is 2.35 bits per heavy atom. The van der Waals surface area contributed by atoms with Crippen molar-refractivity contribution < 1.29 is 9.59 Å². The van der Waals surface area contributed by atoms with E-state index in [1.807, 2.05) is 4.90 Å². The van der Waals surface area contributed by atoms with E-state index in [-0.39, 0.29) is 17.9 Å². The van der Waals surface area contributed by atoms with Crippen molar-refractivity contribution >= 4 is 11.8 Å². The molecule has 1 saturated heterocycles. The third kappa shape index (κ3) is 5.20. The van der Waals surface area contributed by atoms with Crippen molar-refractivity contribution in [2.75, 3.05) is 13.1 Å². The number of amides is 2. The summed E-state index contributed by atoms with van der Waals surface area (Å²) >= 11 is 0. The number of likely N-dealkylation sites (tertiary alicyclic amines) is 1. The van der Waals surface area contributed by atoms with E-state index in [0.717, 1.165) is 32.4 Å². The van der Waals surface area contributed by atoms with Gasteiger partial charge in [-0.2, -0.15) is 0 Å². The lowest BCUT2D eigenvalue weighted by Gasteiger charge is -2.32. The summed E-state index contributed by atoms with van der Waals surface area (Å²) in [6.07, 6.45) is 3.38. The van der Waals surface area contributed by atoms with Crippen LogP contribution in [0.1, 0.15) is 46.5 Å². The Labute approximate surface area is 104 Å². The average Bonchev–Trinajstić information content (AvgIpc) is 2.26. The number of rotatable bonds is 4. The predicted octanol–water partition coefficient (Wildman–Crippen LogP) is 1.55. The van der Waals surface area contributed by atoms with Crippen molar-refractivity contribution in [1.82, 2.24) is 10.2 Å². The molecular formula is C13H24N2O2. The second kappa shape index (κ2) is 6.62. The molecule has 0 saturated carbocycles. The van der Waals surface area contributed by atoms with Crippen LogP contribution in [0, 0.1) is 5.92 Å². The molecule has 0 aromatic rings. The largest absolute Gasteiger partial charge is 0.353 e. The van der Waals surface area contributed by atoms with E-state index >= 15 is 0 Å². The zero-order chi connectivity index (χ0) is 12.8. The molecule has 17 heavy (non-hydrogen) atoms. The molecule has 1 aliphatic heterocycles. The lowest BCUT2D eigenvalue weighted by Crippen LogP contribution is -2.46. The van der Waals surface area contributed by atoms with Crippen molar-refractivity contribution in [1.29, 1.82) is 0 Å². The van der Waals surface area contributed by atoms with Crippen LogP contribution in [0.15, 0.2) is 0 Å². The maximum absolute atomic E-state index is 11.9. The quantitative estimate of drug-likeness (QED) is 0.810. The maximum atomic E-state index is 11.9. The number of hydrogen-bond acceptors (Lipinski definition) is 2. The van der Waals surface area contributed by atoms with Crippen LogP contribution >= 0.6 is 0 Å². The predicted molar refractivity (Wildman–Crippen MR) is 67.5 cm³/mol. The van der Waals surface area contributed by atoms with Gasteiger partial charge in [-0.05, 0) is 25.2 Å². The summed E-state index contributed by atoms with van der Waals surface area (Å²) < 4.78 is 0. The Hall–Kier alpha value is -1.06. The molecule has 0 unspecified atom stereocenters. The van der Waals surface area contributed by atoms with Crippen LogP contribution in [-0.4, -0.2) is 35.8 Å². The molecule has 1 rings (SSSR count). The summed E-state index contributed by atoms with van der Waals surface area (Å²) in [5.41, 5.74) is 0. The monoisotopic (exact) mass is 240 g/mol. The number of hydrogen-bond donors (Lipinski definition) is 1. The molecule has 1 fully saturated rings. The molecule has 0 spiro atoms. The molecule has 0 aliphatic carbocycles. The van der Waals surface area contributed by atoms with Crippen molar-refractivity contribution in [3.8, 4) is 0 Å². The molecule has 0 radical (unpaired) electrons. The van der Waals surface area contributed by atoms with Gasteiger partial charge in [0.25, 0.3) is 0 Å². The van der Waals surface area contributed by atoms with Gasteiger partial charge in [0.15, 0.2) is 0 Å². The molecule has 4 heteroatoms. The molecule has 2 amide bonds. The van der Waals surface area contributed by atoms with Gasteiger partial charge in [-0.3, -0.25) is 9.59 Å². The Kier molecular flexibility index (Phi) is 5.45. The normalized spacial score (nSPS) is 17.3. The van der Waals surface area contributed by atoms with Crippen LogP contribution in [0.2, 0.25) is 0 Å². The van der Waals surface area contributed by atoms with E-state index in [2.05, 4.69) is 19.2 Å². The van der Waals surface area contributed by atoms with E-state index in [4.69, 9.17) is 0 Å². The van der Waals surface area contributed by atoms with Crippen molar-refractivity contribution in [3.63, 3.8) is 0 Å². The first-order chi connectivity index (χ1) is 7.99. The van der Waals surface area contributed by atoms with Gasteiger partial charge in [-0.15, -0.1) is 0 Å². The molecule has 1 N–H and O–H groups in total. The number of nitrogens with zero attached hydrogens (tertiary/aromatic N) is 1. The van der Waals surface area contributed by atoms with Crippen LogP contribution in [0.4, 0.5) is 0 Å². The fraction of sp³-hybridized carbons (Fsp3) is 0.846.